The van der Waals surface area contributed by atoms with Crippen LogP contribution in [0.1, 0.15) is 30.7 Å². The van der Waals surface area contributed by atoms with E-state index in [1.165, 1.54) is 4.31 Å². The minimum absolute atomic E-state index is 0.1000. The molecule has 1 atom stereocenters. The average molecular weight is 377 g/mol. The van der Waals surface area contributed by atoms with Crippen LogP contribution in [0.3, 0.4) is 0 Å². The molecule has 1 aliphatic heterocycles. The first-order valence-electron chi connectivity index (χ1n) is 8.72. The van der Waals surface area contributed by atoms with E-state index in [0.717, 1.165) is 25.0 Å². The number of hydrogen-bond donors (Lipinski definition) is 1. The Balaban J connectivity index is 1.66. The molecule has 26 heavy (non-hydrogen) atoms. The molecule has 1 fully saturated rings. The van der Waals surface area contributed by atoms with Crippen molar-refractivity contribution in [2.45, 2.75) is 43.5 Å². The van der Waals surface area contributed by atoms with E-state index in [4.69, 9.17) is 4.52 Å². The van der Waals surface area contributed by atoms with Gasteiger partial charge in [0.15, 0.2) is 0 Å². The Morgan fingerprint density at radius 3 is 2.77 bits per heavy atom. The van der Waals surface area contributed by atoms with Gasteiger partial charge in [-0.1, -0.05) is 29.8 Å². The maximum atomic E-state index is 12.9. The fourth-order valence-electron chi connectivity index (χ4n) is 3.12. The molecule has 1 aliphatic rings. The van der Waals surface area contributed by atoms with Gasteiger partial charge >= 0.3 is 0 Å². The van der Waals surface area contributed by atoms with Crippen molar-refractivity contribution in [3.05, 3.63) is 47.9 Å². The number of sulfonamides is 1. The van der Waals surface area contributed by atoms with E-state index in [-0.39, 0.29) is 29.8 Å². The van der Waals surface area contributed by atoms with E-state index in [0.29, 0.717) is 12.3 Å². The quantitative estimate of drug-likeness (QED) is 0.859. The summed E-state index contributed by atoms with van der Waals surface area (Å²) >= 11 is 0. The van der Waals surface area contributed by atoms with Gasteiger partial charge in [-0.15, -0.1) is 0 Å². The van der Waals surface area contributed by atoms with Crippen LogP contribution in [-0.2, 0) is 21.2 Å². The molecule has 2 aromatic rings. The van der Waals surface area contributed by atoms with Crippen LogP contribution in [0.15, 0.2) is 45.8 Å². The summed E-state index contributed by atoms with van der Waals surface area (Å²) in [4.78, 5) is 12.5. The lowest BCUT2D eigenvalue weighted by Crippen LogP contribution is -2.45. The minimum atomic E-state index is -3.56. The summed E-state index contributed by atoms with van der Waals surface area (Å²) in [6.45, 7) is 2.53. The number of aromatic nitrogens is 1. The maximum Gasteiger partial charge on any atom is 0.243 e. The van der Waals surface area contributed by atoms with Gasteiger partial charge in [0, 0.05) is 25.2 Å². The molecule has 0 radical (unpaired) electrons. The number of hydrogen-bond acceptors (Lipinski definition) is 5. The number of aryl methyl sites for hydroxylation is 1. The summed E-state index contributed by atoms with van der Waals surface area (Å²) in [6, 6.07) is 9.91. The van der Waals surface area contributed by atoms with E-state index in [1.807, 2.05) is 0 Å². The van der Waals surface area contributed by atoms with Crippen molar-refractivity contribution in [1.82, 2.24) is 14.8 Å². The van der Waals surface area contributed by atoms with Crippen molar-refractivity contribution >= 4 is 15.9 Å². The molecular formula is C18H23N3O4S. The predicted octanol–water partition coefficient (Wildman–Crippen LogP) is 1.89. The molecule has 3 rings (SSSR count). The van der Waals surface area contributed by atoms with E-state index < -0.39 is 10.0 Å². The Morgan fingerprint density at radius 2 is 2.08 bits per heavy atom. The van der Waals surface area contributed by atoms with Crippen LogP contribution in [0.25, 0.3) is 0 Å². The van der Waals surface area contributed by atoms with Gasteiger partial charge in [-0.05, 0) is 31.9 Å². The largest absolute Gasteiger partial charge is 0.361 e. The number of carbonyl (C=O) groups is 1. The highest BCUT2D eigenvalue weighted by atomic mass is 32.2. The molecule has 0 spiro atoms. The molecule has 2 heterocycles. The Hall–Kier alpha value is -2.19. The van der Waals surface area contributed by atoms with Gasteiger partial charge in [0.25, 0.3) is 0 Å². The number of nitrogens with one attached hydrogen (secondary N) is 1. The first-order valence-corrected chi connectivity index (χ1v) is 10.2. The van der Waals surface area contributed by atoms with Crippen LogP contribution in [-0.4, -0.2) is 42.9 Å². The first kappa shape index (κ1) is 18.6. The SMILES string of the molecule is Cc1cc(CC(=O)NC2CCCCN(S(=O)(=O)c3ccccc3)C2)on1. The van der Waals surface area contributed by atoms with E-state index >= 15 is 0 Å². The fraction of sp³-hybridized carbons (Fsp3) is 0.444. The molecular weight excluding hydrogens is 354 g/mol. The third kappa shape index (κ3) is 4.50. The lowest BCUT2D eigenvalue weighted by atomic mass is 10.1. The molecule has 1 unspecified atom stereocenters. The molecule has 0 saturated carbocycles. The summed E-state index contributed by atoms with van der Waals surface area (Å²) < 4.78 is 32.2. The second-order valence-electron chi connectivity index (χ2n) is 6.55. The van der Waals surface area contributed by atoms with Crippen molar-refractivity contribution in [3.8, 4) is 0 Å². The third-order valence-electron chi connectivity index (χ3n) is 4.39. The number of benzene rings is 1. The molecule has 0 aliphatic carbocycles. The molecule has 1 N–H and O–H groups in total. The molecule has 1 aromatic heterocycles. The molecule has 1 aromatic carbocycles. The Kier molecular flexibility index (Phi) is 5.73. The maximum absolute atomic E-state index is 12.9. The first-order chi connectivity index (χ1) is 12.4. The van der Waals surface area contributed by atoms with Crippen LogP contribution in [0, 0.1) is 6.92 Å². The number of amides is 1. The molecule has 7 nitrogen and oxygen atoms in total. The zero-order chi connectivity index (χ0) is 18.6. The van der Waals surface area contributed by atoms with Gasteiger partial charge in [-0.2, -0.15) is 4.31 Å². The van der Waals surface area contributed by atoms with Crippen LogP contribution in [0.5, 0.6) is 0 Å². The standard InChI is InChI=1S/C18H23N3O4S/c1-14-11-16(25-20-14)12-18(22)19-15-7-5-6-10-21(13-15)26(23,24)17-8-3-2-4-9-17/h2-4,8-9,11,15H,5-7,10,12-13H2,1H3,(H,19,22). The van der Waals surface area contributed by atoms with Crippen LogP contribution in [0.4, 0.5) is 0 Å². The monoisotopic (exact) mass is 377 g/mol. The smallest absolute Gasteiger partial charge is 0.243 e. The highest BCUT2D eigenvalue weighted by Crippen LogP contribution is 2.20. The number of nitrogens with zero attached hydrogens (tertiary/aromatic N) is 2. The Bertz CT molecular complexity index is 848. The summed E-state index contributed by atoms with van der Waals surface area (Å²) in [6.07, 6.45) is 2.50. The molecule has 1 saturated heterocycles. The second kappa shape index (κ2) is 8.01. The van der Waals surface area contributed by atoms with Gasteiger partial charge < -0.3 is 9.84 Å². The highest BCUT2D eigenvalue weighted by molar-refractivity contribution is 7.89. The molecule has 0 bridgehead atoms. The van der Waals surface area contributed by atoms with Gasteiger partial charge in [0.05, 0.1) is 17.0 Å². The molecule has 8 heteroatoms. The summed E-state index contributed by atoms with van der Waals surface area (Å²) in [5.41, 5.74) is 0.724. The zero-order valence-electron chi connectivity index (χ0n) is 14.7. The Morgan fingerprint density at radius 1 is 1.31 bits per heavy atom. The van der Waals surface area contributed by atoms with E-state index in [1.54, 1.807) is 43.3 Å². The third-order valence-corrected chi connectivity index (χ3v) is 6.27. The lowest BCUT2D eigenvalue weighted by Gasteiger charge is -2.24. The molecule has 140 valence electrons. The van der Waals surface area contributed by atoms with E-state index in [9.17, 15) is 13.2 Å². The summed E-state index contributed by atoms with van der Waals surface area (Å²) in [5, 5.41) is 6.70. The second-order valence-corrected chi connectivity index (χ2v) is 8.49. The Labute approximate surface area is 153 Å². The predicted molar refractivity (Wildman–Crippen MR) is 95.9 cm³/mol. The average Bonchev–Trinajstić information content (AvgIpc) is 2.88. The van der Waals surface area contributed by atoms with Crippen LogP contribution < -0.4 is 5.32 Å². The normalized spacial score (nSPS) is 19.0. The topological polar surface area (TPSA) is 92.5 Å². The van der Waals surface area contributed by atoms with Crippen LogP contribution in [0.2, 0.25) is 0 Å². The van der Waals surface area contributed by atoms with Crippen molar-refractivity contribution in [2.75, 3.05) is 13.1 Å². The van der Waals surface area contributed by atoms with Gasteiger partial charge in [-0.3, -0.25) is 4.79 Å². The number of rotatable bonds is 5. The summed E-state index contributed by atoms with van der Waals surface area (Å²) in [5.74, 6) is 0.312. The summed E-state index contributed by atoms with van der Waals surface area (Å²) in [7, 11) is -3.56. The highest BCUT2D eigenvalue weighted by Gasteiger charge is 2.29. The van der Waals surface area contributed by atoms with Gasteiger partial charge in [0.1, 0.15) is 5.76 Å². The van der Waals surface area contributed by atoms with Gasteiger partial charge in [0.2, 0.25) is 15.9 Å². The minimum Gasteiger partial charge on any atom is -0.361 e. The fourth-order valence-corrected chi connectivity index (χ4v) is 4.67. The number of carbonyl (C=O) groups excluding carboxylic acids is 1. The van der Waals surface area contributed by atoms with Crippen molar-refractivity contribution in [3.63, 3.8) is 0 Å². The van der Waals surface area contributed by atoms with Crippen molar-refractivity contribution in [2.24, 2.45) is 0 Å². The van der Waals surface area contributed by atoms with Crippen molar-refractivity contribution < 1.29 is 17.7 Å². The van der Waals surface area contributed by atoms with Gasteiger partial charge in [-0.25, -0.2) is 8.42 Å². The zero-order valence-corrected chi connectivity index (χ0v) is 15.5. The van der Waals surface area contributed by atoms with E-state index in [2.05, 4.69) is 10.5 Å². The molecule has 1 amide bonds. The van der Waals surface area contributed by atoms with Crippen LogP contribution >= 0.6 is 0 Å². The van der Waals surface area contributed by atoms with Crippen molar-refractivity contribution in [1.29, 1.82) is 0 Å². The lowest BCUT2D eigenvalue weighted by molar-refractivity contribution is -0.121.